The van der Waals surface area contributed by atoms with E-state index in [2.05, 4.69) is 10.3 Å². The van der Waals surface area contributed by atoms with Crippen molar-refractivity contribution in [3.8, 4) is 17.2 Å². The van der Waals surface area contributed by atoms with E-state index < -0.39 is 0 Å². The molecule has 0 spiro atoms. The van der Waals surface area contributed by atoms with Crippen LogP contribution in [-0.2, 0) is 6.54 Å². The molecule has 0 aliphatic carbocycles. The Morgan fingerprint density at radius 1 is 1.04 bits per heavy atom. The Hall–Kier alpha value is -3.35. The van der Waals surface area contributed by atoms with Crippen LogP contribution in [-0.4, -0.2) is 32.2 Å². The fourth-order valence-corrected chi connectivity index (χ4v) is 2.98. The summed E-state index contributed by atoms with van der Waals surface area (Å²) in [6.07, 6.45) is 0. The molecule has 146 valence electrons. The maximum atomic E-state index is 13.7. The third kappa shape index (κ3) is 3.83. The van der Waals surface area contributed by atoms with Crippen LogP contribution in [0, 0.1) is 12.7 Å². The smallest absolute Gasteiger partial charge is 0.270 e. The van der Waals surface area contributed by atoms with Gasteiger partial charge in [-0.3, -0.25) is 4.79 Å². The minimum absolute atomic E-state index is 0.187. The largest absolute Gasteiger partial charge is 0.497 e. The molecular weight excluding hydrogens is 363 g/mol. The van der Waals surface area contributed by atoms with Gasteiger partial charge in [-0.2, -0.15) is 0 Å². The molecule has 6 nitrogen and oxygen atoms in total. The number of hydrogen-bond donors (Lipinski definition) is 1. The topological polar surface area (TPSA) is 69.7 Å². The summed E-state index contributed by atoms with van der Waals surface area (Å²) in [5, 5.41) is 3.34. The molecular formula is C21H21FN2O4. The van der Waals surface area contributed by atoms with Crippen molar-refractivity contribution < 1.29 is 23.4 Å². The summed E-state index contributed by atoms with van der Waals surface area (Å²) in [6.45, 7) is 1.98. The van der Waals surface area contributed by atoms with Crippen LogP contribution in [0.3, 0.4) is 0 Å². The SMILES string of the molecule is COc1ccc(CNC(=O)c2cc(OC)c3cc(F)cc(C)c3n2)c(OC)c1. The van der Waals surface area contributed by atoms with Gasteiger partial charge in [0.2, 0.25) is 0 Å². The lowest BCUT2D eigenvalue weighted by Crippen LogP contribution is -2.24. The van der Waals surface area contributed by atoms with Crippen molar-refractivity contribution in [2.24, 2.45) is 0 Å². The maximum Gasteiger partial charge on any atom is 0.270 e. The molecule has 0 bridgehead atoms. The Morgan fingerprint density at radius 2 is 1.79 bits per heavy atom. The van der Waals surface area contributed by atoms with E-state index in [4.69, 9.17) is 14.2 Å². The Balaban J connectivity index is 1.88. The molecule has 0 saturated heterocycles. The quantitative estimate of drug-likeness (QED) is 0.703. The number of halogens is 1. The van der Waals surface area contributed by atoms with Gasteiger partial charge in [0, 0.05) is 29.6 Å². The molecule has 1 amide bonds. The predicted molar refractivity (Wildman–Crippen MR) is 104 cm³/mol. The number of hydrogen-bond acceptors (Lipinski definition) is 5. The van der Waals surface area contributed by atoms with Crippen LogP contribution < -0.4 is 19.5 Å². The van der Waals surface area contributed by atoms with Crippen molar-refractivity contribution >= 4 is 16.8 Å². The lowest BCUT2D eigenvalue weighted by molar-refractivity contribution is 0.0945. The number of fused-ring (bicyclic) bond motifs is 1. The van der Waals surface area contributed by atoms with Crippen LogP contribution in [0.1, 0.15) is 21.6 Å². The summed E-state index contributed by atoms with van der Waals surface area (Å²) in [5.41, 5.74) is 2.13. The third-order valence-electron chi connectivity index (χ3n) is 4.42. The first-order valence-corrected chi connectivity index (χ1v) is 8.60. The highest BCUT2D eigenvalue weighted by atomic mass is 19.1. The average Bonchev–Trinajstić information content (AvgIpc) is 2.71. The van der Waals surface area contributed by atoms with Gasteiger partial charge < -0.3 is 19.5 Å². The number of methoxy groups -OCH3 is 3. The van der Waals surface area contributed by atoms with Crippen LogP contribution in [0.25, 0.3) is 10.9 Å². The number of nitrogens with one attached hydrogen (secondary N) is 1. The highest BCUT2D eigenvalue weighted by Crippen LogP contribution is 2.29. The molecule has 7 heteroatoms. The van der Waals surface area contributed by atoms with Crippen molar-refractivity contribution in [3.63, 3.8) is 0 Å². The Labute approximate surface area is 162 Å². The monoisotopic (exact) mass is 384 g/mol. The molecule has 0 fully saturated rings. The zero-order valence-corrected chi connectivity index (χ0v) is 16.1. The number of carbonyl (C=O) groups is 1. The summed E-state index contributed by atoms with van der Waals surface area (Å²) in [4.78, 5) is 17.1. The predicted octanol–water partition coefficient (Wildman–Crippen LogP) is 3.64. The van der Waals surface area contributed by atoms with E-state index >= 15 is 0 Å². The highest BCUT2D eigenvalue weighted by molar-refractivity contribution is 5.97. The minimum atomic E-state index is -0.381. The van der Waals surface area contributed by atoms with Gasteiger partial charge in [0.25, 0.3) is 5.91 Å². The van der Waals surface area contributed by atoms with Crippen molar-refractivity contribution in [3.05, 3.63) is 59.0 Å². The van der Waals surface area contributed by atoms with Crippen LogP contribution in [0.5, 0.6) is 17.2 Å². The lowest BCUT2D eigenvalue weighted by Gasteiger charge is -2.13. The van der Waals surface area contributed by atoms with E-state index in [1.165, 1.54) is 25.3 Å². The molecule has 3 aromatic rings. The first-order chi connectivity index (χ1) is 13.5. The molecule has 0 atom stereocenters. The summed E-state index contributed by atoms with van der Waals surface area (Å²) in [5.74, 6) is 0.904. The normalized spacial score (nSPS) is 10.6. The van der Waals surface area contributed by atoms with Crippen LogP contribution >= 0.6 is 0 Å². The van der Waals surface area contributed by atoms with Crippen LogP contribution in [0.2, 0.25) is 0 Å². The number of nitrogens with zero attached hydrogens (tertiary/aromatic N) is 1. The number of pyridine rings is 1. The van der Waals surface area contributed by atoms with E-state index in [-0.39, 0.29) is 24.0 Å². The molecule has 0 aliphatic heterocycles. The number of aryl methyl sites for hydroxylation is 1. The van der Waals surface area contributed by atoms with Gasteiger partial charge in [0.15, 0.2) is 0 Å². The van der Waals surface area contributed by atoms with E-state index in [0.717, 1.165) is 5.56 Å². The lowest BCUT2D eigenvalue weighted by atomic mass is 10.1. The molecule has 1 N–H and O–H groups in total. The van der Waals surface area contributed by atoms with Gasteiger partial charge in [-0.25, -0.2) is 9.37 Å². The van der Waals surface area contributed by atoms with Crippen molar-refractivity contribution in [1.29, 1.82) is 0 Å². The maximum absolute atomic E-state index is 13.7. The summed E-state index contributed by atoms with van der Waals surface area (Å²) in [7, 11) is 4.60. The molecule has 28 heavy (non-hydrogen) atoms. The van der Waals surface area contributed by atoms with Crippen LogP contribution in [0.4, 0.5) is 4.39 Å². The second-order valence-corrected chi connectivity index (χ2v) is 6.19. The Kier molecular flexibility index (Phi) is 5.63. The molecule has 0 aliphatic rings. The number of ether oxygens (including phenoxy) is 3. The van der Waals surface area contributed by atoms with E-state index in [1.54, 1.807) is 33.3 Å². The fourth-order valence-electron chi connectivity index (χ4n) is 2.98. The molecule has 1 aromatic heterocycles. The summed E-state index contributed by atoms with van der Waals surface area (Å²) >= 11 is 0. The summed E-state index contributed by atoms with van der Waals surface area (Å²) < 4.78 is 29.6. The van der Waals surface area contributed by atoms with E-state index in [9.17, 15) is 9.18 Å². The van der Waals surface area contributed by atoms with Gasteiger partial charge in [-0.05, 0) is 36.8 Å². The molecule has 0 unspecified atom stereocenters. The number of rotatable bonds is 6. The standard InChI is InChI=1S/C21H21FN2O4/c1-12-7-14(22)8-16-19(28-4)10-17(24-20(12)16)21(25)23-11-13-5-6-15(26-2)9-18(13)27-3/h5-10H,11H2,1-4H3,(H,23,25). The van der Waals surface area contributed by atoms with E-state index in [1.807, 2.05) is 6.07 Å². The van der Waals surface area contributed by atoms with Crippen molar-refractivity contribution in [2.45, 2.75) is 13.5 Å². The first kappa shape index (κ1) is 19.4. The molecule has 3 rings (SSSR count). The summed E-state index contributed by atoms with van der Waals surface area (Å²) in [6, 6.07) is 9.58. The Morgan fingerprint density at radius 3 is 2.46 bits per heavy atom. The van der Waals surface area contributed by atoms with Gasteiger partial charge >= 0.3 is 0 Å². The average molecular weight is 384 g/mol. The minimum Gasteiger partial charge on any atom is -0.497 e. The molecule has 0 saturated carbocycles. The second-order valence-electron chi connectivity index (χ2n) is 6.19. The number of aromatic nitrogens is 1. The van der Waals surface area contributed by atoms with Gasteiger partial charge in [-0.15, -0.1) is 0 Å². The van der Waals surface area contributed by atoms with Gasteiger partial charge in [-0.1, -0.05) is 0 Å². The third-order valence-corrected chi connectivity index (χ3v) is 4.42. The van der Waals surface area contributed by atoms with Gasteiger partial charge in [0.05, 0.1) is 26.8 Å². The fraction of sp³-hybridized carbons (Fsp3) is 0.238. The number of amides is 1. The highest BCUT2D eigenvalue weighted by Gasteiger charge is 2.15. The molecule has 2 aromatic carbocycles. The zero-order chi connectivity index (χ0) is 20.3. The molecule has 1 heterocycles. The zero-order valence-electron chi connectivity index (χ0n) is 16.1. The van der Waals surface area contributed by atoms with Gasteiger partial charge in [0.1, 0.15) is 28.8 Å². The van der Waals surface area contributed by atoms with Crippen molar-refractivity contribution in [1.82, 2.24) is 10.3 Å². The Bertz CT molecular complexity index is 1040. The van der Waals surface area contributed by atoms with Crippen LogP contribution in [0.15, 0.2) is 36.4 Å². The van der Waals surface area contributed by atoms with E-state index in [0.29, 0.717) is 33.7 Å². The number of carbonyl (C=O) groups excluding carboxylic acids is 1. The van der Waals surface area contributed by atoms with Crippen molar-refractivity contribution in [2.75, 3.05) is 21.3 Å². The number of benzene rings is 2. The first-order valence-electron chi connectivity index (χ1n) is 8.60. The molecule has 0 radical (unpaired) electrons. The second kappa shape index (κ2) is 8.12.